The van der Waals surface area contributed by atoms with Gasteiger partial charge in [0.05, 0.1) is 47.7 Å². The van der Waals surface area contributed by atoms with Gasteiger partial charge in [-0.05, 0) is 113 Å². The molecular weight excluding hydrogens is 1160 g/mol. The number of aliphatic hydroxyl groups excluding tert-OH is 1. The summed E-state index contributed by atoms with van der Waals surface area (Å²) in [4.78, 5) is 47.1. The minimum atomic E-state index is -4.69. The van der Waals surface area contributed by atoms with E-state index in [0.29, 0.717) is 97.6 Å². The van der Waals surface area contributed by atoms with Crippen molar-refractivity contribution in [1.82, 2.24) is 47.8 Å². The van der Waals surface area contributed by atoms with Crippen molar-refractivity contribution in [3.63, 3.8) is 0 Å². The van der Waals surface area contributed by atoms with Gasteiger partial charge in [0.1, 0.15) is 23.0 Å². The summed E-state index contributed by atoms with van der Waals surface area (Å²) in [6.07, 6.45) is 0. The number of esters is 1. The topological polar surface area (TPSA) is 241 Å². The third-order valence-electron chi connectivity index (χ3n) is 15.0. The van der Waals surface area contributed by atoms with Crippen molar-refractivity contribution in [2.75, 3.05) is 109 Å². The molecule has 0 aliphatic carbocycles. The van der Waals surface area contributed by atoms with Crippen LogP contribution in [0.4, 0.5) is 8.78 Å². The maximum absolute atomic E-state index is 16.5. The molecule has 86 heavy (non-hydrogen) atoms. The minimum Gasteiger partial charge on any atom is -0.497 e. The van der Waals surface area contributed by atoms with Crippen LogP contribution < -0.4 is 18.9 Å². The van der Waals surface area contributed by atoms with E-state index in [1.165, 1.54) is 52.1 Å². The van der Waals surface area contributed by atoms with Crippen LogP contribution in [0.5, 0.6) is 23.0 Å². The fourth-order valence-electron chi connectivity index (χ4n) is 9.46. The molecule has 2 amide bonds. The fraction of sp³-hybridized carbons (Fsp3) is 0.441. The highest BCUT2D eigenvalue weighted by Crippen LogP contribution is 2.33. The van der Waals surface area contributed by atoms with E-state index >= 15 is 8.78 Å². The van der Waals surface area contributed by atoms with Crippen molar-refractivity contribution < 1.29 is 68.8 Å². The van der Waals surface area contributed by atoms with Gasteiger partial charge in [0.2, 0.25) is 10.1 Å². The lowest BCUT2D eigenvalue weighted by Crippen LogP contribution is -2.49. The Morgan fingerprint density at radius 2 is 0.779 bits per heavy atom. The number of aromatic nitrogens is 4. The van der Waals surface area contributed by atoms with Gasteiger partial charge in [0.15, 0.2) is 28.6 Å². The smallest absolute Gasteiger partial charge is 0.333 e. The predicted molar refractivity (Wildman–Crippen MR) is 314 cm³/mol. The monoisotopic (exact) mass is 1230 g/mol. The fourth-order valence-corrected chi connectivity index (χ4v) is 12.2. The Kier molecular flexibility index (Phi) is 21.4. The van der Waals surface area contributed by atoms with E-state index in [0.717, 1.165) is 25.1 Å². The van der Waals surface area contributed by atoms with Crippen molar-refractivity contribution in [3.8, 4) is 23.0 Å². The maximum atomic E-state index is 16.5. The number of methoxy groups -OCH3 is 5. The quantitative estimate of drug-likeness (QED) is 0.0852. The van der Waals surface area contributed by atoms with E-state index in [1.54, 1.807) is 111 Å². The zero-order valence-corrected chi connectivity index (χ0v) is 52.0. The molecule has 0 radical (unpaired) electrons. The normalized spacial score (nSPS) is 14.7. The van der Waals surface area contributed by atoms with Crippen molar-refractivity contribution >= 4 is 37.8 Å². The van der Waals surface area contributed by atoms with E-state index < -0.39 is 88.6 Å². The second-order valence-electron chi connectivity index (χ2n) is 21.9. The molecule has 2 saturated heterocycles. The minimum absolute atomic E-state index is 0.101. The van der Waals surface area contributed by atoms with Gasteiger partial charge in [0, 0.05) is 78.5 Å². The van der Waals surface area contributed by atoms with Gasteiger partial charge in [-0.2, -0.15) is 18.8 Å². The number of carbonyl (C=O) groups excluding carboxylic acids is 3. The number of rotatable bonds is 22. The lowest BCUT2D eigenvalue weighted by Gasteiger charge is -2.33. The highest BCUT2D eigenvalue weighted by Gasteiger charge is 2.45. The molecular formula is C59H76F2N10O13S2. The van der Waals surface area contributed by atoms with Crippen LogP contribution in [0.15, 0.2) is 107 Å². The van der Waals surface area contributed by atoms with Crippen LogP contribution in [-0.4, -0.2) is 196 Å². The number of benzene rings is 4. The molecule has 0 saturated carbocycles. The van der Waals surface area contributed by atoms with Crippen LogP contribution in [0.25, 0.3) is 0 Å². The number of hydrogen-bond donors (Lipinski definition) is 1. The van der Waals surface area contributed by atoms with Crippen molar-refractivity contribution in [1.29, 1.82) is 0 Å². The molecule has 0 bridgehead atoms. The summed E-state index contributed by atoms with van der Waals surface area (Å²) >= 11 is 0. The van der Waals surface area contributed by atoms with Crippen LogP contribution >= 0.6 is 0 Å². The van der Waals surface area contributed by atoms with Crippen molar-refractivity contribution in [2.45, 2.75) is 75.0 Å². The third kappa shape index (κ3) is 14.8. The largest absolute Gasteiger partial charge is 0.497 e. The number of amides is 2. The van der Waals surface area contributed by atoms with Crippen LogP contribution in [0.3, 0.4) is 0 Å². The first-order chi connectivity index (χ1) is 40.7. The molecule has 23 nitrogen and oxygen atoms in total. The predicted octanol–water partition coefficient (Wildman–Crippen LogP) is 5.27. The zero-order valence-electron chi connectivity index (χ0n) is 50.3. The van der Waals surface area contributed by atoms with E-state index in [1.807, 2.05) is 23.9 Å². The summed E-state index contributed by atoms with van der Waals surface area (Å²) in [5.41, 5.74) is -1.61. The first-order valence-corrected chi connectivity index (χ1v) is 30.4. The Hall–Kier alpha value is -7.53. The first kappa shape index (κ1) is 66.0. The number of aliphatic hydroxyl groups is 1. The molecule has 27 heteroatoms. The Bertz CT molecular complexity index is 3430. The Morgan fingerprint density at radius 3 is 1.05 bits per heavy atom. The second-order valence-corrected chi connectivity index (χ2v) is 25.6. The number of nitrogens with zero attached hydrogens (tertiary/aromatic N) is 10. The van der Waals surface area contributed by atoms with Gasteiger partial charge in [-0.25, -0.2) is 39.8 Å². The van der Waals surface area contributed by atoms with E-state index in [-0.39, 0.29) is 26.2 Å². The summed E-state index contributed by atoms with van der Waals surface area (Å²) in [6.45, 7) is 8.45. The van der Waals surface area contributed by atoms with Gasteiger partial charge in [-0.15, -0.1) is 0 Å². The SMILES string of the molecule is COC(=O)C(C)(C)n1nc(S(=O)(=O)N(Cc2ccc(OC)cc2)Cc2ccc(OC)cc2)c(F)c1C(=O)N1CCN(C)CC1.COc1ccc(CN(Cc2ccc(OC)cc2)S(=O)(=O)c2nn(C(C)(C)CO)c(C(=O)N3CCN(C)CC3)c2F)cc1. The van der Waals surface area contributed by atoms with Gasteiger partial charge in [-0.1, -0.05) is 48.5 Å². The maximum Gasteiger partial charge on any atom is 0.333 e. The van der Waals surface area contributed by atoms with Gasteiger partial charge in [-0.3, -0.25) is 9.59 Å². The number of hydrogen-bond acceptors (Lipinski definition) is 17. The summed E-state index contributed by atoms with van der Waals surface area (Å²) in [5, 5.41) is 16.5. The average Bonchev–Trinajstić information content (AvgIpc) is 1.81. The number of carbonyl (C=O) groups is 3. The lowest BCUT2D eigenvalue weighted by molar-refractivity contribution is -0.150. The average molecular weight is 1240 g/mol. The molecule has 2 fully saturated rings. The number of ether oxygens (including phenoxy) is 5. The van der Waals surface area contributed by atoms with Gasteiger partial charge in [0.25, 0.3) is 31.9 Å². The summed E-state index contributed by atoms with van der Waals surface area (Å²) in [6, 6.07) is 27.3. The highest BCUT2D eigenvalue weighted by molar-refractivity contribution is 7.89. The molecule has 2 aliphatic rings. The molecule has 8 rings (SSSR count). The zero-order chi connectivity index (χ0) is 62.9. The number of sulfonamides is 2. The highest BCUT2D eigenvalue weighted by atomic mass is 32.2. The van der Waals surface area contributed by atoms with E-state index in [4.69, 9.17) is 23.7 Å². The van der Waals surface area contributed by atoms with E-state index in [2.05, 4.69) is 10.2 Å². The van der Waals surface area contributed by atoms with Crippen molar-refractivity contribution in [2.24, 2.45) is 0 Å². The molecule has 0 spiro atoms. The summed E-state index contributed by atoms with van der Waals surface area (Å²) in [7, 11) is 1.78. The molecule has 2 aromatic heterocycles. The molecule has 6 aromatic rings. The van der Waals surface area contributed by atoms with Crippen LogP contribution in [0.1, 0.15) is 70.9 Å². The molecule has 4 heterocycles. The van der Waals surface area contributed by atoms with Gasteiger partial charge >= 0.3 is 5.97 Å². The van der Waals surface area contributed by atoms with Crippen LogP contribution in [0, 0.1) is 11.6 Å². The van der Waals surface area contributed by atoms with Crippen LogP contribution in [-0.2, 0) is 66.8 Å². The standard InChI is InChI=1S/C30H38FN5O7S.C29H38FN5O6S/c1-30(2,29(38)43-6)36-26(28(37)34-17-15-33(3)16-18-34)25(31)27(32-36)44(39,40)35(19-21-7-11-23(41-4)12-8-21)20-22-9-13-24(42-5)14-10-22;1-29(2,20-36)35-26(28(37)33-16-14-32(3)15-17-33)25(30)27(31-35)42(38,39)34(18-21-6-10-23(40-4)11-7-21)19-22-8-12-24(41-5)13-9-22/h7-14H,15-20H2,1-6H3;6-13,36H,14-20H2,1-5H3. The summed E-state index contributed by atoms with van der Waals surface area (Å²) in [5.74, 6) is -2.47. The molecule has 466 valence electrons. The second kappa shape index (κ2) is 27.9. The molecule has 0 atom stereocenters. The first-order valence-electron chi connectivity index (χ1n) is 27.5. The third-order valence-corrected chi connectivity index (χ3v) is 18.4. The molecule has 2 aliphatic heterocycles. The number of halogens is 2. The Labute approximate surface area is 501 Å². The van der Waals surface area contributed by atoms with Crippen molar-refractivity contribution in [3.05, 3.63) is 142 Å². The Balaban J connectivity index is 0.000000246. The molecule has 0 unspecified atom stereocenters. The number of piperazine rings is 2. The Morgan fingerprint density at radius 1 is 0.500 bits per heavy atom. The lowest BCUT2D eigenvalue weighted by atomic mass is 10.1. The summed E-state index contributed by atoms with van der Waals surface area (Å²) < 4.78 is 120. The molecule has 4 aromatic carbocycles. The molecule has 1 N–H and O–H groups in total. The van der Waals surface area contributed by atoms with Crippen LogP contribution in [0.2, 0.25) is 0 Å². The van der Waals surface area contributed by atoms with Gasteiger partial charge < -0.3 is 48.4 Å². The number of likely N-dealkylation sites (N-methyl/N-ethyl adjacent to an activating group) is 2. The van der Waals surface area contributed by atoms with E-state index in [9.17, 15) is 36.3 Å².